The average molecular weight is 435 g/mol. The number of benzene rings is 2. The summed E-state index contributed by atoms with van der Waals surface area (Å²) < 4.78 is 27.9. The summed E-state index contributed by atoms with van der Waals surface area (Å²) in [5.41, 5.74) is 1.32. The molecule has 8 heteroatoms. The zero-order valence-electron chi connectivity index (χ0n) is 16.0. The van der Waals surface area contributed by atoms with Crippen LogP contribution in [-0.4, -0.2) is 36.2 Å². The molecule has 28 heavy (non-hydrogen) atoms. The second-order valence-corrected chi connectivity index (χ2v) is 11.0. The Morgan fingerprint density at radius 1 is 1.18 bits per heavy atom. The Kier molecular flexibility index (Phi) is 6.42. The van der Waals surface area contributed by atoms with Crippen molar-refractivity contribution in [2.75, 3.05) is 12.0 Å². The van der Waals surface area contributed by atoms with E-state index >= 15 is 0 Å². The third-order valence-corrected chi connectivity index (χ3v) is 8.14. The van der Waals surface area contributed by atoms with E-state index in [1.54, 1.807) is 37.7 Å². The van der Waals surface area contributed by atoms with E-state index in [-0.39, 0.29) is 10.5 Å². The summed E-state index contributed by atoms with van der Waals surface area (Å²) in [6, 6.07) is 14.1. The van der Waals surface area contributed by atoms with E-state index in [9.17, 15) is 13.2 Å². The van der Waals surface area contributed by atoms with Crippen LogP contribution in [0.5, 0.6) is 0 Å². The number of hydrogen-bond acceptors (Lipinski definition) is 5. The van der Waals surface area contributed by atoms with Crippen molar-refractivity contribution in [3.63, 3.8) is 0 Å². The monoisotopic (exact) mass is 434 g/mol. The Labute approximate surface area is 173 Å². The molecule has 0 aliphatic carbocycles. The Balaban J connectivity index is 2.06. The summed E-state index contributed by atoms with van der Waals surface area (Å²) >= 11 is 3.19. The third-order valence-electron chi connectivity index (χ3n) is 4.33. The fourth-order valence-electron chi connectivity index (χ4n) is 2.73. The fourth-order valence-corrected chi connectivity index (χ4v) is 5.26. The molecule has 0 aliphatic rings. The minimum absolute atomic E-state index is 0.148. The molecule has 148 valence electrons. The second-order valence-electron chi connectivity index (χ2n) is 6.54. The molecule has 0 spiro atoms. The van der Waals surface area contributed by atoms with E-state index in [0.29, 0.717) is 4.80 Å². The van der Waals surface area contributed by atoms with Gasteiger partial charge >= 0.3 is 0 Å². The molecular formula is C20H22N2O3S3. The molecule has 0 fully saturated rings. The standard InChI is InChI=1S/C20H22N2O3S3/c1-14(2)28(24,25)16-8-6-7-15(13-16)19(23)21-20-22(11-12-26-3)17-9-4-5-10-18(17)27-20/h4-10,13-14H,11-12H2,1-3H3. The van der Waals surface area contributed by atoms with Crippen molar-refractivity contribution in [2.45, 2.75) is 30.5 Å². The molecule has 0 unspecified atom stereocenters. The van der Waals surface area contributed by atoms with Gasteiger partial charge in [-0.05, 0) is 50.4 Å². The molecule has 5 nitrogen and oxygen atoms in total. The van der Waals surface area contributed by atoms with Gasteiger partial charge in [0.2, 0.25) is 0 Å². The van der Waals surface area contributed by atoms with Gasteiger partial charge < -0.3 is 4.57 Å². The number of carbonyl (C=O) groups is 1. The lowest BCUT2D eigenvalue weighted by Gasteiger charge is -2.08. The van der Waals surface area contributed by atoms with Gasteiger partial charge in [0, 0.05) is 17.9 Å². The SMILES string of the molecule is CSCCn1c(=NC(=O)c2cccc(S(=O)(=O)C(C)C)c2)sc2ccccc21. The van der Waals surface area contributed by atoms with Crippen LogP contribution in [0.15, 0.2) is 58.4 Å². The highest BCUT2D eigenvalue weighted by molar-refractivity contribution is 7.98. The molecule has 3 rings (SSSR count). The maximum atomic E-state index is 12.8. The summed E-state index contributed by atoms with van der Waals surface area (Å²) in [7, 11) is -3.45. The van der Waals surface area contributed by atoms with Gasteiger partial charge in [-0.2, -0.15) is 16.8 Å². The number of thiazole rings is 1. The van der Waals surface area contributed by atoms with Crippen LogP contribution in [0.25, 0.3) is 10.2 Å². The number of fused-ring (bicyclic) bond motifs is 1. The van der Waals surface area contributed by atoms with Crippen LogP contribution in [0.4, 0.5) is 0 Å². The maximum Gasteiger partial charge on any atom is 0.279 e. The van der Waals surface area contributed by atoms with Gasteiger partial charge in [-0.1, -0.05) is 29.5 Å². The molecule has 0 atom stereocenters. The Morgan fingerprint density at radius 3 is 2.64 bits per heavy atom. The molecule has 0 aliphatic heterocycles. The number of rotatable bonds is 6. The van der Waals surface area contributed by atoms with Crippen LogP contribution in [0.1, 0.15) is 24.2 Å². The highest BCUT2D eigenvalue weighted by Crippen LogP contribution is 2.19. The van der Waals surface area contributed by atoms with Crippen LogP contribution < -0.4 is 4.80 Å². The number of amides is 1. The largest absolute Gasteiger partial charge is 0.316 e. The van der Waals surface area contributed by atoms with Gasteiger partial charge in [-0.15, -0.1) is 0 Å². The molecule has 1 amide bonds. The molecule has 0 bridgehead atoms. The minimum Gasteiger partial charge on any atom is -0.316 e. The van der Waals surface area contributed by atoms with Gasteiger partial charge in [0.15, 0.2) is 14.6 Å². The summed E-state index contributed by atoms with van der Waals surface area (Å²) in [5.74, 6) is 0.467. The normalized spacial score (nSPS) is 12.8. The molecule has 1 heterocycles. The first-order chi connectivity index (χ1) is 13.3. The number of nitrogens with zero attached hydrogens (tertiary/aromatic N) is 2. The number of aromatic nitrogens is 1. The van der Waals surface area contributed by atoms with E-state index in [4.69, 9.17) is 0 Å². The van der Waals surface area contributed by atoms with E-state index in [1.165, 1.54) is 23.5 Å². The first kappa shape index (κ1) is 20.8. The Bertz CT molecular complexity index is 1170. The molecular weight excluding hydrogens is 412 g/mol. The van der Waals surface area contributed by atoms with E-state index in [2.05, 4.69) is 4.99 Å². The van der Waals surface area contributed by atoms with Gasteiger partial charge in [0.05, 0.1) is 20.4 Å². The highest BCUT2D eigenvalue weighted by Gasteiger charge is 2.20. The van der Waals surface area contributed by atoms with Crippen molar-refractivity contribution < 1.29 is 13.2 Å². The van der Waals surface area contributed by atoms with Crippen molar-refractivity contribution in [1.82, 2.24) is 4.57 Å². The lowest BCUT2D eigenvalue weighted by atomic mass is 10.2. The first-order valence-corrected chi connectivity index (χ1v) is 12.6. The summed E-state index contributed by atoms with van der Waals surface area (Å²) in [6.45, 7) is 4.00. The van der Waals surface area contributed by atoms with Crippen molar-refractivity contribution in [2.24, 2.45) is 4.99 Å². The fraction of sp³-hybridized carbons (Fsp3) is 0.300. The molecule has 0 saturated heterocycles. The molecule has 1 aromatic heterocycles. The van der Waals surface area contributed by atoms with Crippen LogP contribution in [0, 0.1) is 0 Å². The molecule has 3 aromatic rings. The van der Waals surface area contributed by atoms with Crippen molar-refractivity contribution in [3.05, 3.63) is 58.9 Å². The average Bonchev–Trinajstić information content (AvgIpc) is 3.03. The summed E-state index contributed by atoms with van der Waals surface area (Å²) in [6.07, 6.45) is 2.04. The predicted molar refractivity (Wildman–Crippen MR) is 117 cm³/mol. The molecule has 0 radical (unpaired) electrons. The molecule has 0 N–H and O–H groups in total. The Morgan fingerprint density at radius 2 is 1.93 bits per heavy atom. The number of thioether (sulfide) groups is 1. The van der Waals surface area contributed by atoms with Crippen LogP contribution in [-0.2, 0) is 16.4 Å². The minimum atomic E-state index is -3.45. The van der Waals surface area contributed by atoms with E-state index in [0.717, 1.165) is 22.5 Å². The van der Waals surface area contributed by atoms with Crippen molar-refractivity contribution in [3.8, 4) is 0 Å². The predicted octanol–water partition coefficient (Wildman–Crippen LogP) is 3.99. The number of carbonyl (C=O) groups excluding carboxylic acids is 1. The second kappa shape index (κ2) is 8.63. The zero-order valence-corrected chi connectivity index (χ0v) is 18.4. The van der Waals surface area contributed by atoms with Crippen molar-refractivity contribution in [1.29, 1.82) is 0 Å². The molecule has 2 aromatic carbocycles. The smallest absolute Gasteiger partial charge is 0.279 e. The lowest BCUT2D eigenvalue weighted by Crippen LogP contribution is -2.18. The van der Waals surface area contributed by atoms with E-state index < -0.39 is 21.0 Å². The van der Waals surface area contributed by atoms with Crippen LogP contribution in [0.3, 0.4) is 0 Å². The quantitative estimate of drug-likeness (QED) is 0.588. The lowest BCUT2D eigenvalue weighted by molar-refractivity contribution is 0.0997. The number of sulfone groups is 1. The van der Waals surface area contributed by atoms with Crippen LogP contribution in [0.2, 0.25) is 0 Å². The van der Waals surface area contributed by atoms with Crippen LogP contribution >= 0.6 is 23.1 Å². The Hall–Kier alpha value is -1.90. The topological polar surface area (TPSA) is 68.5 Å². The highest BCUT2D eigenvalue weighted by atomic mass is 32.2. The summed E-state index contributed by atoms with van der Waals surface area (Å²) in [4.78, 5) is 17.9. The molecule has 0 saturated carbocycles. The van der Waals surface area contributed by atoms with Gasteiger partial charge in [0.1, 0.15) is 0 Å². The summed E-state index contributed by atoms with van der Waals surface area (Å²) in [5, 5.41) is -0.550. The number of hydrogen-bond donors (Lipinski definition) is 0. The van der Waals surface area contributed by atoms with Gasteiger partial charge in [-0.25, -0.2) is 8.42 Å². The van der Waals surface area contributed by atoms with Gasteiger partial charge in [-0.3, -0.25) is 4.79 Å². The van der Waals surface area contributed by atoms with Crippen molar-refractivity contribution >= 4 is 49.1 Å². The number of aryl methyl sites for hydroxylation is 1. The first-order valence-electron chi connectivity index (χ1n) is 8.85. The number of para-hydroxylation sites is 1. The third kappa shape index (κ3) is 4.24. The van der Waals surface area contributed by atoms with Gasteiger partial charge in [0.25, 0.3) is 5.91 Å². The maximum absolute atomic E-state index is 12.8. The van der Waals surface area contributed by atoms with E-state index in [1.807, 2.05) is 35.1 Å². The zero-order chi connectivity index (χ0) is 20.3.